The van der Waals surface area contributed by atoms with Crippen molar-refractivity contribution in [3.63, 3.8) is 0 Å². The van der Waals surface area contributed by atoms with Crippen LogP contribution in [0.5, 0.6) is 0 Å². The van der Waals surface area contributed by atoms with Crippen molar-refractivity contribution in [2.75, 3.05) is 24.5 Å². The molecule has 1 atom stereocenters. The van der Waals surface area contributed by atoms with Gasteiger partial charge in [0.1, 0.15) is 5.82 Å². The van der Waals surface area contributed by atoms with Gasteiger partial charge in [-0.1, -0.05) is 24.3 Å². The molecule has 5 nitrogen and oxygen atoms in total. The van der Waals surface area contributed by atoms with Crippen molar-refractivity contribution < 1.29 is 4.79 Å². The Morgan fingerprint density at radius 2 is 2.00 bits per heavy atom. The molecular weight excluding hydrogens is 300 g/mol. The third-order valence-corrected chi connectivity index (χ3v) is 5.09. The largest absolute Gasteiger partial charge is 0.355 e. The van der Waals surface area contributed by atoms with Crippen molar-refractivity contribution >= 4 is 11.7 Å². The first-order valence-electron chi connectivity index (χ1n) is 8.68. The van der Waals surface area contributed by atoms with E-state index in [4.69, 9.17) is 0 Å². The van der Waals surface area contributed by atoms with E-state index < -0.39 is 0 Å². The van der Waals surface area contributed by atoms with Crippen LogP contribution in [-0.4, -0.2) is 40.4 Å². The molecule has 0 bridgehead atoms. The molecule has 2 aliphatic heterocycles. The molecule has 1 aromatic heterocycles. The van der Waals surface area contributed by atoms with Crippen LogP contribution in [0.25, 0.3) is 0 Å². The van der Waals surface area contributed by atoms with E-state index in [2.05, 4.69) is 39.1 Å². The van der Waals surface area contributed by atoms with Gasteiger partial charge in [0.15, 0.2) is 0 Å². The SMILES string of the molecule is O=C(C1CCCN(c2cnccn2)C1)N1CCc2ccccc2C1. The molecule has 1 aromatic carbocycles. The number of carbonyl (C=O) groups is 1. The summed E-state index contributed by atoms with van der Waals surface area (Å²) < 4.78 is 0. The molecule has 0 spiro atoms. The average Bonchev–Trinajstić information content (AvgIpc) is 2.68. The maximum atomic E-state index is 13.0. The topological polar surface area (TPSA) is 49.3 Å². The smallest absolute Gasteiger partial charge is 0.227 e. The molecule has 2 aliphatic rings. The van der Waals surface area contributed by atoms with Gasteiger partial charge in [0, 0.05) is 38.6 Å². The molecule has 1 saturated heterocycles. The number of anilines is 1. The summed E-state index contributed by atoms with van der Waals surface area (Å²) in [5.74, 6) is 1.23. The molecule has 0 saturated carbocycles. The van der Waals surface area contributed by atoms with E-state index in [0.717, 1.165) is 51.3 Å². The lowest BCUT2D eigenvalue weighted by atomic mass is 9.94. The van der Waals surface area contributed by atoms with Crippen LogP contribution in [0.3, 0.4) is 0 Å². The fourth-order valence-corrected chi connectivity index (χ4v) is 3.78. The lowest BCUT2D eigenvalue weighted by Crippen LogP contribution is -2.46. The molecule has 0 radical (unpaired) electrons. The third-order valence-electron chi connectivity index (χ3n) is 5.09. The maximum absolute atomic E-state index is 13.0. The molecule has 124 valence electrons. The molecule has 0 N–H and O–H groups in total. The molecule has 1 unspecified atom stereocenters. The first-order chi connectivity index (χ1) is 11.8. The second-order valence-electron chi connectivity index (χ2n) is 6.63. The zero-order chi connectivity index (χ0) is 16.4. The lowest BCUT2D eigenvalue weighted by molar-refractivity contribution is -0.136. The zero-order valence-electron chi connectivity index (χ0n) is 13.8. The zero-order valence-corrected chi connectivity index (χ0v) is 13.8. The van der Waals surface area contributed by atoms with Crippen LogP contribution in [0, 0.1) is 5.92 Å². The number of piperidine rings is 1. The molecule has 5 heteroatoms. The maximum Gasteiger partial charge on any atom is 0.227 e. The number of amides is 1. The van der Waals surface area contributed by atoms with Gasteiger partial charge in [-0.15, -0.1) is 0 Å². The van der Waals surface area contributed by atoms with E-state index >= 15 is 0 Å². The molecule has 3 heterocycles. The molecule has 4 rings (SSSR count). The molecule has 1 fully saturated rings. The van der Waals surface area contributed by atoms with E-state index in [1.807, 2.05) is 4.90 Å². The summed E-state index contributed by atoms with van der Waals surface area (Å²) in [7, 11) is 0. The number of aromatic nitrogens is 2. The number of hydrogen-bond donors (Lipinski definition) is 0. The van der Waals surface area contributed by atoms with Gasteiger partial charge >= 0.3 is 0 Å². The van der Waals surface area contributed by atoms with E-state index in [9.17, 15) is 4.79 Å². The Hall–Kier alpha value is -2.43. The Bertz CT molecular complexity index is 718. The Labute approximate surface area is 142 Å². The summed E-state index contributed by atoms with van der Waals surface area (Å²) in [5, 5.41) is 0. The highest BCUT2D eigenvalue weighted by Gasteiger charge is 2.31. The van der Waals surface area contributed by atoms with E-state index in [1.165, 1.54) is 11.1 Å². The Balaban J connectivity index is 1.45. The molecule has 1 amide bonds. The molecule has 2 aromatic rings. The summed E-state index contributed by atoms with van der Waals surface area (Å²) in [6.07, 6.45) is 8.13. The fourth-order valence-electron chi connectivity index (χ4n) is 3.78. The predicted molar refractivity (Wildman–Crippen MR) is 92.5 cm³/mol. The van der Waals surface area contributed by atoms with Gasteiger partial charge in [-0.2, -0.15) is 0 Å². The average molecular weight is 322 g/mol. The third kappa shape index (κ3) is 2.98. The number of carbonyl (C=O) groups excluding carboxylic acids is 1. The number of rotatable bonds is 2. The van der Waals surface area contributed by atoms with Crippen LogP contribution in [0.1, 0.15) is 24.0 Å². The first-order valence-corrected chi connectivity index (χ1v) is 8.68. The van der Waals surface area contributed by atoms with Crippen LogP contribution in [0.15, 0.2) is 42.9 Å². The van der Waals surface area contributed by atoms with Crippen molar-refractivity contribution in [1.29, 1.82) is 0 Å². The number of benzene rings is 1. The first kappa shape index (κ1) is 15.1. The summed E-state index contributed by atoms with van der Waals surface area (Å²) in [4.78, 5) is 25.8. The number of fused-ring (bicyclic) bond motifs is 1. The van der Waals surface area contributed by atoms with Gasteiger partial charge in [-0.3, -0.25) is 9.78 Å². The Morgan fingerprint density at radius 3 is 2.83 bits per heavy atom. The second-order valence-corrected chi connectivity index (χ2v) is 6.63. The van der Waals surface area contributed by atoms with Crippen molar-refractivity contribution in [3.8, 4) is 0 Å². The molecule has 24 heavy (non-hydrogen) atoms. The van der Waals surface area contributed by atoms with Crippen LogP contribution in [0.4, 0.5) is 5.82 Å². The Kier molecular flexibility index (Phi) is 4.15. The van der Waals surface area contributed by atoms with Crippen LogP contribution < -0.4 is 4.90 Å². The van der Waals surface area contributed by atoms with Crippen molar-refractivity contribution in [2.24, 2.45) is 5.92 Å². The standard InChI is InChI=1S/C19H22N4O/c24-19(23-11-7-15-4-1-2-5-16(15)13-23)17-6-3-10-22(14-17)18-12-20-8-9-21-18/h1-2,4-5,8-9,12,17H,3,6-7,10-11,13-14H2. The number of hydrogen-bond acceptors (Lipinski definition) is 4. The minimum Gasteiger partial charge on any atom is -0.355 e. The normalized spacial score (nSPS) is 20.6. The summed E-state index contributed by atoms with van der Waals surface area (Å²) in [5.41, 5.74) is 2.67. The van der Waals surface area contributed by atoms with Crippen molar-refractivity contribution in [1.82, 2.24) is 14.9 Å². The van der Waals surface area contributed by atoms with Gasteiger partial charge < -0.3 is 9.80 Å². The van der Waals surface area contributed by atoms with Crippen LogP contribution >= 0.6 is 0 Å². The van der Waals surface area contributed by atoms with Gasteiger partial charge in [0.25, 0.3) is 0 Å². The van der Waals surface area contributed by atoms with Gasteiger partial charge in [-0.25, -0.2) is 4.98 Å². The molecule has 0 aliphatic carbocycles. The van der Waals surface area contributed by atoms with Gasteiger partial charge in [0.05, 0.1) is 12.1 Å². The highest BCUT2D eigenvalue weighted by atomic mass is 16.2. The van der Waals surface area contributed by atoms with E-state index in [0.29, 0.717) is 0 Å². The summed E-state index contributed by atoms with van der Waals surface area (Å²) in [6, 6.07) is 8.45. The van der Waals surface area contributed by atoms with Crippen LogP contribution in [-0.2, 0) is 17.8 Å². The highest BCUT2D eigenvalue weighted by Crippen LogP contribution is 2.25. The van der Waals surface area contributed by atoms with E-state index in [-0.39, 0.29) is 11.8 Å². The van der Waals surface area contributed by atoms with Crippen LogP contribution in [0.2, 0.25) is 0 Å². The second kappa shape index (κ2) is 6.59. The Morgan fingerprint density at radius 1 is 1.12 bits per heavy atom. The van der Waals surface area contributed by atoms with Gasteiger partial charge in [-0.05, 0) is 30.4 Å². The monoisotopic (exact) mass is 322 g/mol. The minimum absolute atomic E-state index is 0.0611. The quantitative estimate of drug-likeness (QED) is 0.851. The van der Waals surface area contributed by atoms with Gasteiger partial charge in [0.2, 0.25) is 5.91 Å². The molecular formula is C19H22N4O. The van der Waals surface area contributed by atoms with Crippen molar-refractivity contribution in [2.45, 2.75) is 25.8 Å². The number of nitrogens with zero attached hydrogens (tertiary/aromatic N) is 4. The lowest BCUT2D eigenvalue weighted by Gasteiger charge is -2.37. The van der Waals surface area contributed by atoms with E-state index in [1.54, 1.807) is 18.6 Å². The van der Waals surface area contributed by atoms with Crippen molar-refractivity contribution in [3.05, 3.63) is 54.0 Å². The minimum atomic E-state index is 0.0611. The predicted octanol–water partition coefficient (Wildman–Crippen LogP) is 2.28. The summed E-state index contributed by atoms with van der Waals surface area (Å²) in [6.45, 7) is 3.27. The fraction of sp³-hybridized carbons (Fsp3) is 0.421. The summed E-state index contributed by atoms with van der Waals surface area (Å²) >= 11 is 0. The highest BCUT2D eigenvalue weighted by molar-refractivity contribution is 5.80.